The summed E-state index contributed by atoms with van der Waals surface area (Å²) in [5.74, 6) is -0.301. The fraction of sp³-hybridized carbons (Fsp3) is 0.273. The summed E-state index contributed by atoms with van der Waals surface area (Å²) in [5.41, 5.74) is 0.774. The van der Waals surface area contributed by atoms with Gasteiger partial charge in [-0.05, 0) is 5.56 Å². The van der Waals surface area contributed by atoms with E-state index < -0.39 is 6.10 Å². The van der Waals surface area contributed by atoms with E-state index in [9.17, 15) is 4.79 Å². The lowest BCUT2D eigenvalue weighted by atomic mass is 10.1. The van der Waals surface area contributed by atoms with Gasteiger partial charge in [0, 0.05) is 7.11 Å². The minimum Gasteiger partial charge on any atom is -0.367 e. The summed E-state index contributed by atoms with van der Waals surface area (Å²) in [6.07, 6.45) is -0.653. The molecule has 0 aliphatic rings. The van der Waals surface area contributed by atoms with Crippen molar-refractivity contribution in [2.75, 3.05) is 13.7 Å². The molecule has 1 aromatic rings. The van der Waals surface area contributed by atoms with Crippen molar-refractivity contribution < 1.29 is 9.53 Å². The summed E-state index contributed by atoms with van der Waals surface area (Å²) < 4.78 is 5.07. The first-order valence-electron chi connectivity index (χ1n) is 4.52. The van der Waals surface area contributed by atoms with E-state index in [-0.39, 0.29) is 12.5 Å². The van der Waals surface area contributed by atoms with Crippen molar-refractivity contribution in [3.8, 4) is 6.07 Å². The number of rotatable bonds is 4. The molecule has 15 heavy (non-hydrogen) atoms. The molecule has 1 aromatic carbocycles. The molecule has 78 valence electrons. The molecule has 4 nitrogen and oxygen atoms in total. The van der Waals surface area contributed by atoms with Crippen LogP contribution in [0.15, 0.2) is 30.3 Å². The minimum atomic E-state index is -0.653. The highest BCUT2D eigenvalue weighted by molar-refractivity contribution is 5.82. The van der Waals surface area contributed by atoms with E-state index in [1.165, 1.54) is 7.11 Å². The van der Waals surface area contributed by atoms with Crippen molar-refractivity contribution in [3.05, 3.63) is 35.9 Å². The van der Waals surface area contributed by atoms with Gasteiger partial charge in [-0.3, -0.25) is 4.79 Å². The first kappa shape index (κ1) is 11.2. The number of nitriles is 1. The van der Waals surface area contributed by atoms with Crippen LogP contribution in [0.25, 0.3) is 0 Å². The van der Waals surface area contributed by atoms with E-state index in [0.29, 0.717) is 0 Å². The van der Waals surface area contributed by atoms with E-state index in [1.54, 1.807) is 12.1 Å². The van der Waals surface area contributed by atoms with E-state index in [2.05, 4.69) is 5.32 Å². The predicted octanol–water partition coefficient (Wildman–Crippen LogP) is 1.01. The molecule has 4 heteroatoms. The van der Waals surface area contributed by atoms with Crippen molar-refractivity contribution in [2.24, 2.45) is 0 Å². The molecule has 0 fully saturated rings. The summed E-state index contributed by atoms with van der Waals surface area (Å²) in [6, 6.07) is 11.0. The number of hydrogen-bond donors (Lipinski definition) is 1. The van der Waals surface area contributed by atoms with Gasteiger partial charge < -0.3 is 10.1 Å². The van der Waals surface area contributed by atoms with E-state index >= 15 is 0 Å². The molecule has 0 aliphatic carbocycles. The number of nitrogens with zero attached hydrogens (tertiary/aromatic N) is 1. The second-order valence-corrected chi connectivity index (χ2v) is 2.90. The van der Waals surface area contributed by atoms with Gasteiger partial charge in [-0.25, -0.2) is 0 Å². The Labute approximate surface area is 88.5 Å². The molecule has 0 aromatic heterocycles. The van der Waals surface area contributed by atoms with Gasteiger partial charge >= 0.3 is 0 Å². The van der Waals surface area contributed by atoms with Gasteiger partial charge in [0.2, 0.25) is 0 Å². The van der Waals surface area contributed by atoms with E-state index in [1.807, 2.05) is 24.3 Å². The molecule has 0 saturated heterocycles. The van der Waals surface area contributed by atoms with Crippen LogP contribution in [0.1, 0.15) is 11.7 Å². The van der Waals surface area contributed by atoms with Crippen LogP contribution in [0.3, 0.4) is 0 Å². The molecule has 1 unspecified atom stereocenters. The smallest absolute Gasteiger partial charge is 0.254 e. The van der Waals surface area contributed by atoms with E-state index in [0.717, 1.165) is 5.56 Å². The Bertz CT molecular complexity index is 357. The molecule has 0 aliphatic heterocycles. The largest absolute Gasteiger partial charge is 0.367 e. The molecule has 0 bridgehead atoms. The normalized spacial score (nSPS) is 11.5. The van der Waals surface area contributed by atoms with Crippen molar-refractivity contribution in [3.63, 3.8) is 0 Å². The maximum Gasteiger partial charge on any atom is 0.254 e. The Hall–Kier alpha value is -1.86. The summed E-state index contributed by atoms with van der Waals surface area (Å²) in [7, 11) is 1.46. The maximum atomic E-state index is 11.5. The zero-order valence-corrected chi connectivity index (χ0v) is 8.43. The Morgan fingerprint density at radius 2 is 2.20 bits per heavy atom. The predicted molar refractivity (Wildman–Crippen MR) is 54.8 cm³/mol. The van der Waals surface area contributed by atoms with Crippen LogP contribution in [0.4, 0.5) is 0 Å². The van der Waals surface area contributed by atoms with Crippen molar-refractivity contribution in [1.82, 2.24) is 5.32 Å². The monoisotopic (exact) mass is 204 g/mol. The van der Waals surface area contributed by atoms with Gasteiger partial charge in [-0.2, -0.15) is 5.26 Å². The van der Waals surface area contributed by atoms with Crippen LogP contribution in [0, 0.1) is 11.3 Å². The highest BCUT2D eigenvalue weighted by atomic mass is 16.5. The van der Waals surface area contributed by atoms with Crippen LogP contribution in [0.5, 0.6) is 0 Å². The topological polar surface area (TPSA) is 62.1 Å². The third-order valence-electron chi connectivity index (χ3n) is 1.92. The average Bonchev–Trinajstić information content (AvgIpc) is 2.29. The van der Waals surface area contributed by atoms with Crippen molar-refractivity contribution in [2.45, 2.75) is 6.10 Å². The van der Waals surface area contributed by atoms with Gasteiger partial charge in [0.15, 0.2) is 6.10 Å². The highest BCUT2D eigenvalue weighted by Crippen LogP contribution is 2.15. The second-order valence-electron chi connectivity index (χ2n) is 2.90. The zero-order chi connectivity index (χ0) is 11.1. The van der Waals surface area contributed by atoms with Gasteiger partial charge in [0.1, 0.15) is 6.54 Å². The van der Waals surface area contributed by atoms with Crippen molar-refractivity contribution >= 4 is 5.91 Å². The lowest BCUT2D eigenvalue weighted by Gasteiger charge is -2.14. The second kappa shape index (κ2) is 5.78. The van der Waals surface area contributed by atoms with Gasteiger partial charge in [-0.1, -0.05) is 30.3 Å². The molecule has 1 rings (SSSR count). The standard InChI is InChI=1S/C11H12N2O2/c1-15-10(11(14)13-8-7-12)9-5-3-2-4-6-9/h2-6,10H,8H2,1H3,(H,13,14). The number of ether oxygens (including phenoxy) is 1. The molecule has 1 N–H and O–H groups in total. The molecule has 0 spiro atoms. The third kappa shape index (κ3) is 3.08. The fourth-order valence-corrected chi connectivity index (χ4v) is 1.24. The number of nitrogens with one attached hydrogen (secondary N) is 1. The number of hydrogen-bond acceptors (Lipinski definition) is 3. The summed E-state index contributed by atoms with van der Waals surface area (Å²) in [5, 5.41) is 10.8. The number of methoxy groups -OCH3 is 1. The van der Waals surface area contributed by atoms with Gasteiger partial charge in [-0.15, -0.1) is 0 Å². The average molecular weight is 204 g/mol. The quantitative estimate of drug-likeness (QED) is 0.744. The summed E-state index contributed by atoms with van der Waals surface area (Å²) in [4.78, 5) is 11.5. The Kier molecular flexibility index (Phi) is 4.32. The SMILES string of the molecule is COC(C(=O)NCC#N)c1ccccc1. The lowest BCUT2D eigenvalue weighted by Crippen LogP contribution is -2.30. The van der Waals surface area contributed by atoms with Gasteiger partial charge in [0.05, 0.1) is 6.07 Å². The Morgan fingerprint density at radius 3 is 2.73 bits per heavy atom. The van der Waals surface area contributed by atoms with Crippen LogP contribution >= 0.6 is 0 Å². The highest BCUT2D eigenvalue weighted by Gasteiger charge is 2.18. The molecule has 0 heterocycles. The Balaban J connectivity index is 2.72. The molecular weight excluding hydrogens is 192 g/mol. The third-order valence-corrected chi connectivity index (χ3v) is 1.92. The molecule has 0 saturated carbocycles. The van der Waals surface area contributed by atoms with Crippen LogP contribution in [0.2, 0.25) is 0 Å². The first-order valence-corrected chi connectivity index (χ1v) is 4.52. The number of benzene rings is 1. The van der Waals surface area contributed by atoms with Crippen LogP contribution < -0.4 is 5.32 Å². The molecular formula is C11H12N2O2. The Morgan fingerprint density at radius 1 is 1.53 bits per heavy atom. The zero-order valence-electron chi connectivity index (χ0n) is 8.43. The van der Waals surface area contributed by atoms with Gasteiger partial charge in [0.25, 0.3) is 5.91 Å². The first-order chi connectivity index (χ1) is 7.29. The minimum absolute atomic E-state index is 0.00841. The molecule has 0 radical (unpaired) electrons. The fourth-order valence-electron chi connectivity index (χ4n) is 1.24. The number of carbonyl (C=O) groups excluding carboxylic acids is 1. The van der Waals surface area contributed by atoms with Crippen LogP contribution in [-0.4, -0.2) is 19.6 Å². The summed E-state index contributed by atoms with van der Waals surface area (Å²) in [6.45, 7) is -0.00841. The number of amides is 1. The number of carbonyl (C=O) groups is 1. The van der Waals surface area contributed by atoms with E-state index in [4.69, 9.17) is 10.00 Å². The lowest BCUT2D eigenvalue weighted by molar-refractivity contribution is -0.131. The van der Waals surface area contributed by atoms with Crippen LogP contribution in [-0.2, 0) is 9.53 Å². The molecule has 1 amide bonds. The summed E-state index contributed by atoms with van der Waals surface area (Å²) >= 11 is 0. The van der Waals surface area contributed by atoms with Crippen molar-refractivity contribution in [1.29, 1.82) is 5.26 Å². The maximum absolute atomic E-state index is 11.5. The molecule has 1 atom stereocenters.